The Hall–Kier alpha value is -3.29. The van der Waals surface area contributed by atoms with Crippen LogP contribution in [0.5, 0.6) is 0 Å². The van der Waals surface area contributed by atoms with E-state index in [0.717, 1.165) is 27.0 Å². The standard InChI is InChI=1S/C25H17ClN4S2/c1-16-20(26)5-4-7-21(16)29-24(31-15-18-11-9-17(13-27)10-12-18)19(14-28)25-30-22-6-2-3-8-23(22)32-25/h2-12,29H,15H2,1H3. The van der Waals surface area contributed by atoms with Crippen LogP contribution in [-0.2, 0) is 5.75 Å². The first-order chi connectivity index (χ1) is 15.6. The molecule has 1 aromatic heterocycles. The van der Waals surface area contributed by atoms with E-state index in [1.807, 2.05) is 61.5 Å². The lowest BCUT2D eigenvalue weighted by Gasteiger charge is -2.15. The minimum atomic E-state index is 0.490. The molecule has 4 aromatic rings. The van der Waals surface area contributed by atoms with E-state index >= 15 is 0 Å². The molecule has 0 atom stereocenters. The highest BCUT2D eigenvalue weighted by Crippen LogP contribution is 2.35. The van der Waals surface area contributed by atoms with Gasteiger partial charge in [0.05, 0.1) is 26.9 Å². The summed E-state index contributed by atoms with van der Waals surface area (Å²) in [6.45, 7) is 1.94. The zero-order valence-electron chi connectivity index (χ0n) is 17.1. The van der Waals surface area contributed by atoms with Crippen molar-refractivity contribution in [1.29, 1.82) is 10.5 Å². The van der Waals surface area contributed by atoms with Gasteiger partial charge in [-0.3, -0.25) is 0 Å². The van der Waals surface area contributed by atoms with Crippen LogP contribution in [0, 0.1) is 29.6 Å². The molecule has 0 fully saturated rings. The number of halogens is 1. The molecule has 4 nitrogen and oxygen atoms in total. The summed E-state index contributed by atoms with van der Waals surface area (Å²) in [6, 6.07) is 25.5. The Morgan fingerprint density at radius 1 is 1.06 bits per heavy atom. The highest BCUT2D eigenvalue weighted by atomic mass is 35.5. The first-order valence-electron chi connectivity index (χ1n) is 9.73. The maximum atomic E-state index is 10.1. The molecule has 0 unspecified atom stereocenters. The van der Waals surface area contributed by atoms with E-state index in [-0.39, 0.29) is 0 Å². The Bertz CT molecular complexity index is 1360. The number of nitriles is 2. The predicted octanol–water partition coefficient (Wildman–Crippen LogP) is 7.37. The molecule has 7 heteroatoms. The Morgan fingerprint density at radius 2 is 1.84 bits per heavy atom. The van der Waals surface area contributed by atoms with Gasteiger partial charge in [-0.1, -0.05) is 41.9 Å². The van der Waals surface area contributed by atoms with E-state index in [4.69, 9.17) is 16.9 Å². The van der Waals surface area contributed by atoms with Crippen LogP contribution >= 0.6 is 34.7 Å². The lowest BCUT2D eigenvalue weighted by atomic mass is 10.2. The zero-order valence-corrected chi connectivity index (χ0v) is 19.5. The molecule has 0 spiro atoms. The highest BCUT2D eigenvalue weighted by molar-refractivity contribution is 8.02. The van der Waals surface area contributed by atoms with Crippen LogP contribution in [-0.4, -0.2) is 4.98 Å². The van der Waals surface area contributed by atoms with Crippen LogP contribution in [0.4, 0.5) is 5.69 Å². The molecule has 32 heavy (non-hydrogen) atoms. The normalized spacial score (nSPS) is 11.5. The van der Waals surface area contributed by atoms with Crippen LogP contribution < -0.4 is 5.32 Å². The molecule has 1 heterocycles. The summed E-state index contributed by atoms with van der Waals surface area (Å²) in [5, 5.41) is 24.6. The van der Waals surface area contributed by atoms with Crippen molar-refractivity contribution in [2.45, 2.75) is 12.7 Å². The van der Waals surface area contributed by atoms with Crippen molar-refractivity contribution < 1.29 is 0 Å². The lowest BCUT2D eigenvalue weighted by Crippen LogP contribution is -2.02. The molecule has 0 aliphatic heterocycles. The first-order valence-corrected chi connectivity index (χ1v) is 11.9. The lowest BCUT2D eigenvalue weighted by molar-refractivity contribution is 1.38. The number of hydrogen-bond acceptors (Lipinski definition) is 6. The van der Waals surface area contributed by atoms with E-state index in [9.17, 15) is 5.26 Å². The highest BCUT2D eigenvalue weighted by Gasteiger charge is 2.16. The second-order valence-electron chi connectivity index (χ2n) is 6.94. The number of aromatic nitrogens is 1. The average molecular weight is 473 g/mol. The largest absolute Gasteiger partial charge is 0.349 e. The monoisotopic (exact) mass is 472 g/mol. The van der Waals surface area contributed by atoms with Crippen molar-refractivity contribution in [3.63, 3.8) is 0 Å². The van der Waals surface area contributed by atoms with Gasteiger partial charge in [0.1, 0.15) is 16.6 Å². The van der Waals surface area contributed by atoms with E-state index in [2.05, 4.69) is 22.4 Å². The second kappa shape index (κ2) is 9.89. The average Bonchev–Trinajstić information content (AvgIpc) is 3.25. The molecule has 0 radical (unpaired) electrons. The molecular formula is C25H17ClN4S2. The Kier molecular flexibility index (Phi) is 6.78. The van der Waals surface area contributed by atoms with E-state index in [1.54, 1.807) is 12.1 Å². The Balaban J connectivity index is 1.74. The van der Waals surface area contributed by atoms with Gasteiger partial charge in [0.25, 0.3) is 0 Å². The number of anilines is 1. The third kappa shape index (κ3) is 4.79. The van der Waals surface area contributed by atoms with Crippen LogP contribution in [0.3, 0.4) is 0 Å². The molecule has 3 aromatic carbocycles. The summed E-state index contributed by atoms with van der Waals surface area (Å²) >= 11 is 9.34. The van der Waals surface area contributed by atoms with Gasteiger partial charge < -0.3 is 5.32 Å². The Morgan fingerprint density at radius 3 is 2.56 bits per heavy atom. The minimum Gasteiger partial charge on any atom is -0.349 e. The van der Waals surface area contributed by atoms with E-state index in [1.165, 1.54) is 23.1 Å². The molecule has 156 valence electrons. The van der Waals surface area contributed by atoms with Gasteiger partial charge in [-0.05, 0) is 54.4 Å². The topological polar surface area (TPSA) is 72.5 Å². The van der Waals surface area contributed by atoms with Crippen molar-refractivity contribution >= 4 is 56.2 Å². The third-order valence-corrected chi connectivity index (χ3v) is 7.36. The quantitative estimate of drug-likeness (QED) is 0.296. The zero-order chi connectivity index (χ0) is 22.5. The van der Waals surface area contributed by atoms with Gasteiger partial charge in [0, 0.05) is 16.5 Å². The number of hydrogen-bond donors (Lipinski definition) is 1. The number of fused-ring (bicyclic) bond motifs is 1. The number of thioether (sulfide) groups is 1. The van der Waals surface area contributed by atoms with Crippen LogP contribution in [0.1, 0.15) is 21.7 Å². The van der Waals surface area contributed by atoms with Crippen molar-refractivity contribution in [3.05, 3.63) is 98.5 Å². The molecule has 1 N–H and O–H groups in total. The number of nitrogens with one attached hydrogen (secondary N) is 1. The fourth-order valence-electron chi connectivity index (χ4n) is 3.04. The fraction of sp³-hybridized carbons (Fsp3) is 0.0800. The van der Waals surface area contributed by atoms with Gasteiger partial charge in [-0.25, -0.2) is 4.98 Å². The summed E-state index contributed by atoms with van der Waals surface area (Å²) in [7, 11) is 0. The van der Waals surface area contributed by atoms with E-state index < -0.39 is 0 Å². The van der Waals surface area contributed by atoms with E-state index in [0.29, 0.717) is 31.9 Å². The van der Waals surface area contributed by atoms with Crippen molar-refractivity contribution in [2.24, 2.45) is 0 Å². The second-order valence-corrected chi connectivity index (χ2v) is 9.36. The first kappa shape index (κ1) is 21.9. The minimum absolute atomic E-state index is 0.490. The molecule has 0 saturated heterocycles. The molecule has 0 bridgehead atoms. The molecule has 0 aliphatic rings. The SMILES string of the molecule is Cc1c(Cl)cccc1NC(SCc1ccc(C#N)cc1)=C(C#N)c1nc2ccccc2s1. The fourth-order valence-corrected chi connectivity index (χ4v) is 5.22. The van der Waals surface area contributed by atoms with Crippen molar-refractivity contribution in [1.82, 2.24) is 4.98 Å². The molecule has 0 aliphatic carbocycles. The molecular weight excluding hydrogens is 456 g/mol. The molecule has 0 amide bonds. The summed E-state index contributed by atoms with van der Waals surface area (Å²) in [4.78, 5) is 4.69. The Labute approximate surface area is 199 Å². The van der Waals surface area contributed by atoms with Gasteiger partial charge in [-0.15, -0.1) is 23.1 Å². The van der Waals surface area contributed by atoms with Crippen molar-refractivity contribution in [2.75, 3.05) is 5.32 Å². The smallest absolute Gasteiger partial charge is 0.137 e. The summed E-state index contributed by atoms with van der Waals surface area (Å²) < 4.78 is 1.03. The number of rotatable bonds is 6. The number of nitrogens with zero attached hydrogens (tertiary/aromatic N) is 3. The number of benzene rings is 3. The van der Waals surface area contributed by atoms with Gasteiger partial charge in [-0.2, -0.15) is 10.5 Å². The van der Waals surface area contributed by atoms with Gasteiger partial charge in [0.15, 0.2) is 0 Å². The van der Waals surface area contributed by atoms with Crippen molar-refractivity contribution in [3.8, 4) is 12.1 Å². The third-order valence-electron chi connectivity index (χ3n) is 4.83. The summed E-state index contributed by atoms with van der Waals surface area (Å²) in [6.07, 6.45) is 0. The molecule has 4 rings (SSSR count). The number of allylic oxidation sites excluding steroid dienone is 1. The molecule has 0 saturated carbocycles. The summed E-state index contributed by atoms with van der Waals surface area (Å²) in [5.74, 6) is 0.629. The number of thiazole rings is 1. The van der Waals surface area contributed by atoms with Gasteiger partial charge >= 0.3 is 0 Å². The van der Waals surface area contributed by atoms with Crippen LogP contribution in [0.2, 0.25) is 5.02 Å². The maximum Gasteiger partial charge on any atom is 0.137 e. The maximum absolute atomic E-state index is 10.1. The predicted molar refractivity (Wildman–Crippen MR) is 134 cm³/mol. The summed E-state index contributed by atoms with van der Waals surface area (Å²) in [5.41, 5.74) is 4.79. The number of para-hydroxylation sites is 1. The van der Waals surface area contributed by atoms with Crippen LogP contribution in [0.15, 0.2) is 71.8 Å². The van der Waals surface area contributed by atoms with Gasteiger partial charge in [0.2, 0.25) is 0 Å². The van der Waals surface area contributed by atoms with Crippen LogP contribution in [0.25, 0.3) is 15.8 Å².